The monoisotopic (exact) mass is 416 g/mol. The molecule has 3 rings (SSSR count). The lowest BCUT2D eigenvalue weighted by Crippen LogP contribution is -2.36. The van der Waals surface area contributed by atoms with Gasteiger partial charge in [0.05, 0.1) is 18.9 Å². The third-order valence-electron chi connectivity index (χ3n) is 5.23. The van der Waals surface area contributed by atoms with Crippen molar-refractivity contribution in [1.82, 2.24) is 25.1 Å². The van der Waals surface area contributed by atoms with Crippen molar-refractivity contribution in [1.29, 1.82) is 0 Å². The molecule has 0 saturated carbocycles. The van der Waals surface area contributed by atoms with Gasteiger partial charge in [-0.25, -0.2) is 14.6 Å². The fraction of sp³-hybridized carbons (Fsp3) is 0.619. The van der Waals surface area contributed by atoms with Crippen LogP contribution in [0.3, 0.4) is 0 Å². The van der Waals surface area contributed by atoms with Crippen molar-refractivity contribution in [2.75, 3.05) is 51.0 Å². The smallest absolute Gasteiger partial charge is 0.220 e. The summed E-state index contributed by atoms with van der Waals surface area (Å²) in [4.78, 5) is 23.2. The Labute approximate surface area is 177 Å². The highest BCUT2D eigenvalue weighted by Crippen LogP contribution is 2.21. The molecule has 30 heavy (non-hydrogen) atoms. The van der Waals surface area contributed by atoms with Crippen molar-refractivity contribution in [3.05, 3.63) is 29.3 Å². The van der Waals surface area contributed by atoms with E-state index in [2.05, 4.69) is 25.3 Å². The van der Waals surface area contributed by atoms with Crippen molar-refractivity contribution >= 4 is 11.7 Å². The summed E-state index contributed by atoms with van der Waals surface area (Å²) in [6.07, 6.45) is 3.49. The van der Waals surface area contributed by atoms with Gasteiger partial charge < -0.3 is 19.7 Å². The Balaban J connectivity index is 1.62. The SMILES string of the molecule is CCOCCCNC(=O)CCc1c(C)nn(-c2cc(N3CCOCC3)ncn2)c1C. The molecule has 0 radical (unpaired) electrons. The zero-order valence-corrected chi connectivity index (χ0v) is 18.2. The van der Waals surface area contributed by atoms with Crippen LogP contribution in [0.25, 0.3) is 5.82 Å². The molecular weight excluding hydrogens is 384 g/mol. The van der Waals surface area contributed by atoms with Crippen LogP contribution in [-0.2, 0) is 20.7 Å². The summed E-state index contributed by atoms with van der Waals surface area (Å²) >= 11 is 0. The van der Waals surface area contributed by atoms with Gasteiger partial charge in [0.25, 0.3) is 0 Å². The first-order valence-electron chi connectivity index (χ1n) is 10.6. The molecule has 0 bridgehead atoms. The second-order valence-corrected chi connectivity index (χ2v) is 7.30. The Morgan fingerprint density at radius 3 is 2.77 bits per heavy atom. The zero-order chi connectivity index (χ0) is 21.3. The normalized spacial score (nSPS) is 14.2. The maximum atomic E-state index is 12.2. The Bertz CT molecular complexity index is 832. The highest BCUT2D eigenvalue weighted by molar-refractivity contribution is 5.76. The summed E-state index contributed by atoms with van der Waals surface area (Å²) in [5.41, 5.74) is 3.01. The number of rotatable bonds is 10. The largest absolute Gasteiger partial charge is 0.382 e. The molecule has 2 aromatic heterocycles. The van der Waals surface area contributed by atoms with E-state index in [-0.39, 0.29) is 5.91 Å². The van der Waals surface area contributed by atoms with E-state index in [1.165, 1.54) is 0 Å². The van der Waals surface area contributed by atoms with Gasteiger partial charge in [-0.05, 0) is 39.2 Å². The molecule has 0 aliphatic carbocycles. The molecule has 1 amide bonds. The molecule has 0 unspecified atom stereocenters. The molecule has 1 N–H and O–H groups in total. The average Bonchev–Trinajstić information content (AvgIpc) is 3.06. The van der Waals surface area contributed by atoms with Crippen LogP contribution in [0.4, 0.5) is 5.82 Å². The van der Waals surface area contributed by atoms with Gasteiger partial charge in [0.15, 0.2) is 5.82 Å². The maximum absolute atomic E-state index is 12.2. The van der Waals surface area contributed by atoms with Crippen LogP contribution in [0.15, 0.2) is 12.4 Å². The number of morpholine rings is 1. The number of hydrogen-bond donors (Lipinski definition) is 1. The topological polar surface area (TPSA) is 94.4 Å². The minimum absolute atomic E-state index is 0.0506. The van der Waals surface area contributed by atoms with Gasteiger partial charge in [-0.1, -0.05) is 0 Å². The van der Waals surface area contributed by atoms with Crippen molar-refractivity contribution in [2.24, 2.45) is 0 Å². The fourth-order valence-electron chi connectivity index (χ4n) is 3.55. The minimum atomic E-state index is 0.0506. The molecule has 2 aromatic rings. The standard InChI is InChI=1S/C21H32N6O3/c1-4-29-11-5-8-22-21(28)7-6-18-16(2)25-27(17(18)3)20-14-19(23-15-24-20)26-9-12-30-13-10-26/h14-15H,4-13H2,1-3H3,(H,22,28). The Morgan fingerprint density at radius 1 is 1.23 bits per heavy atom. The molecule has 1 aliphatic heterocycles. The Morgan fingerprint density at radius 2 is 2.00 bits per heavy atom. The first kappa shape index (κ1) is 22.2. The number of amides is 1. The van der Waals surface area contributed by atoms with Gasteiger partial charge in [-0.15, -0.1) is 0 Å². The zero-order valence-electron chi connectivity index (χ0n) is 18.2. The number of aromatic nitrogens is 4. The Kier molecular flexibility index (Phi) is 8.15. The molecule has 164 valence electrons. The predicted molar refractivity (Wildman–Crippen MR) is 114 cm³/mol. The fourth-order valence-corrected chi connectivity index (χ4v) is 3.55. The summed E-state index contributed by atoms with van der Waals surface area (Å²) in [7, 11) is 0. The van der Waals surface area contributed by atoms with E-state index in [1.807, 2.05) is 31.5 Å². The van der Waals surface area contributed by atoms with Gasteiger partial charge >= 0.3 is 0 Å². The van der Waals surface area contributed by atoms with E-state index in [0.717, 1.165) is 48.1 Å². The molecule has 9 heteroatoms. The number of nitrogens with one attached hydrogen (secondary N) is 1. The second-order valence-electron chi connectivity index (χ2n) is 7.30. The number of hydrogen-bond acceptors (Lipinski definition) is 7. The first-order valence-corrected chi connectivity index (χ1v) is 10.6. The highest BCUT2D eigenvalue weighted by atomic mass is 16.5. The van der Waals surface area contributed by atoms with Crippen molar-refractivity contribution in [3.63, 3.8) is 0 Å². The van der Waals surface area contributed by atoms with E-state index < -0.39 is 0 Å². The summed E-state index contributed by atoms with van der Waals surface area (Å²) in [5.74, 6) is 1.66. The van der Waals surface area contributed by atoms with Crippen LogP contribution < -0.4 is 10.2 Å². The quantitative estimate of drug-likeness (QED) is 0.588. The van der Waals surface area contributed by atoms with Crippen LogP contribution in [-0.4, -0.2) is 71.7 Å². The number of carbonyl (C=O) groups is 1. The van der Waals surface area contributed by atoms with E-state index in [0.29, 0.717) is 45.8 Å². The maximum Gasteiger partial charge on any atom is 0.220 e. The molecule has 1 saturated heterocycles. The lowest BCUT2D eigenvalue weighted by atomic mass is 10.1. The lowest BCUT2D eigenvalue weighted by Gasteiger charge is -2.27. The first-order chi connectivity index (χ1) is 14.6. The third kappa shape index (κ3) is 5.76. The summed E-state index contributed by atoms with van der Waals surface area (Å²) < 4.78 is 12.6. The molecular formula is C21H32N6O3. The molecule has 0 atom stereocenters. The van der Waals surface area contributed by atoms with Gasteiger partial charge in [-0.3, -0.25) is 4.79 Å². The number of aryl methyl sites for hydroxylation is 1. The third-order valence-corrected chi connectivity index (χ3v) is 5.23. The van der Waals surface area contributed by atoms with Gasteiger partial charge in [0.1, 0.15) is 12.1 Å². The van der Waals surface area contributed by atoms with Gasteiger partial charge in [-0.2, -0.15) is 5.10 Å². The molecule has 0 aromatic carbocycles. The van der Waals surface area contributed by atoms with Crippen LogP contribution in [0, 0.1) is 13.8 Å². The molecule has 1 aliphatic rings. The summed E-state index contributed by atoms with van der Waals surface area (Å²) in [5, 5.41) is 7.63. The molecule has 9 nitrogen and oxygen atoms in total. The van der Waals surface area contributed by atoms with Crippen molar-refractivity contribution < 1.29 is 14.3 Å². The Hall–Kier alpha value is -2.52. The van der Waals surface area contributed by atoms with Crippen LogP contribution in [0.2, 0.25) is 0 Å². The van der Waals surface area contributed by atoms with Crippen molar-refractivity contribution in [3.8, 4) is 5.82 Å². The summed E-state index contributed by atoms with van der Waals surface area (Å²) in [6, 6.07) is 1.96. The average molecular weight is 417 g/mol. The van der Waals surface area contributed by atoms with Gasteiger partial charge in [0.2, 0.25) is 5.91 Å². The summed E-state index contributed by atoms with van der Waals surface area (Å²) in [6.45, 7) is 11.0. The molecule has 1 fully saturated rings. The van der Waals surface area contributed by atoms with E-state index >= 15 is 0 Å². The highest BCUT2D eigenvalue weighted by Gasteiger charge is 2.17. The number of ether oxygens (including phenoxy) is 2. The molecule has 0 spiro atoms. The van der Waals surface area contributed by atoms with E-state index in [4.69, 9.17) is 9.47 Å². The number of anilines is 1. The van der Waals surface area contributed by atoms with E-state index in [9.17, 15) is 4.79 Å². The van der Waals surface area contributed by atoms with Crippen molar-refractivity contribution in [2.45, 2.75) is 40.0 Å². The number of nitrogens with zero attached hydrogens (tertiary/aromatic N) is 5. The number of carbonyl (C=O) groups excluding carboxylic acids is 1. The minimum Gasteiger partial charge on any atom is -0.382 e. The second kappa shape index (κ2) is 11.0. The van der Waals surface area contributed by atoms with Crippen LogP contribution >= 0.6 is 0 Å². The lowest BCUT2D eigenvalue weighted by molar-refractivity contribution is -0.121. The van der Waals surface area contributed by atoms with Gasteiger partial charge in [0, 0.05) is 51.0 Å². The van der Waals surface area contributed by atoms with E-state index in [1.54, 1.807) is 6.33 Å². The van der Waals surface area contributed by atoms with Crippen LogP contribution in [0.5, 0.6) is 0 Å². The molecule has 3 heterocycles. The predicted octanol–water partition coefficient (Wildman–Crippen LogP) is 1.59. The van der Waals surface area contributed by atoms with Crippen LogP contribution in [0.1, 0.15) is 36.7 Å².